The molecule has 2 rings (SSSR count). The molecule has 0 fully saturated rings. The molecular formula is C14H18BrN3. The number of aromatic nitrogens is 2. The molecule has 0 bridgehead atoms. The van der Waals surface area contributed by atoms with E-state index in [1.807, 2.05) is 6.20 Å². The Labute approximate surface area is 116 Å². The van der Waals surface area contributed by atoms with Gasteiger partial charge in [-0.25, -0.2) is 4.98 Å². The van der Waals surface area contributed by atoms with E-state index in [0.29, 0.717) is 0 Å². The summed E-state index contributed by atoms with van der Waals surface area (Å²) in [5, 5.41) is 3.53. The normalized spacial score (nSPS) is 12.6. The van der Waals surface area contributed by atoms with Crippen LogP contribution in [0.3, 0.4) is 0 Å². The Morgan fingerprint density at radius 2 is 2.28 bits per heavy atom. The molecule has 2 N–H and O–H groups in total. The zero-order valence-corrected chi connectivity index (χ0v) is 12.3. The lowest BCUT2D eigenvalue weighted by Crippen LogP contribution is -2.21. The van der Waals surface area contributed by atoms with Crippen molar-refractivity contribution in [1.82, 2.24) is 15.3 Å². The molecule has 18 heavy (non-hydrogen) atoms. The van der Waals surface area contributed by atoms with E-state index >= 15 is 0 Å². The summed E-state index contributed by atoms with van der Waals surface area (Å²) in [6.45, 7) is 5.12. The minimum atomic E-state index is 0.281. The second-order valence-electron chi connectivity index (χ2n) is 4.40. The van der Waals surface area contributed by atoms with Crippen molar-refractivity contribution in [2.24, 2.45) is 0 Å². The molecule has 1 aromatic carbocycles. The lowest BCUT2D eigenvalue weighted by atomic mass is 10.1. The third-order valence-corrected chi connectivity index (χ3v) is 3.92. The second-order valence-corrected chi connectivity index (χ2v) is 5.25. The molecule has 1 unspecified atom stereocenters. The van der Waals surface area contributed by atoms with Gasteiger partial charge in [0.2, 0.25) is 0 Å². The summed E-state index contributed by atoms with van der Waals surface area (Å²) in [4.78, 5) is 7.47. The third kappa shape index (κ3) is 3.21. The fourth-order valence-electron chi connectivity index (χ4n) is 1.96. The van der Waals surface area contributed by atoms with Crippen LogP contribution in [0.25, 0.3) is 0 Å². The Balaban J connectivity index is 1.99. The first-order chi connectivity index (χ1) is 8.70. The van der Waals surface area contributed by atoms with Crippen LogP contribution >= 0.6 is 15.9 Å². The van der Waals surface area contributed by atoms with Crippen molar-refractivity contribution < 1.29 is 0 Å². The van der Waals surface area contributed by atoms with Gasteiger partial charge in [0.25, 0.3) is 0 Å². The highest BCUT2D eigenvalue weighted by Gasteiger charge is 2.10. The molecule has 0 aliphatic heterocycles. The Hall–Kier alpha value is -1.13. The largest absolute Gasteiger partial charge is 0.347 e. The van der Waals surface area contributed by atoms with Crippen LogP contribution in [0, 0.1) is 6.92 Å². The number of aromatic amines is 1. The highest BCUT2D eigenvalue weighted by atomic mass is 79.9. The molecule has 1 heterocycles. The van der Waals surface area contributed by atoms with Crippen molar-refractivity contribution in [3.05, 3.63) is 52.0 Å². The van der Waals surface area contributed by atoms with Gasteiger partial charge in [0.15, 0.2) is 0 Å². The van der Waals surface area contributed by atoms with Crippen molar-refractivity contribution >= 4 is 15.9 Å². The minimum absolute atomic E-state index is 0.281. The van der Waals surface area contributed by atoms with E-state index in [2.05, 4.69) is 63.3 Å². The van der Waals surface area contributed by atoms with Crippen LogP contribution in [0.4, 0.5) is 0 Å². The minimum Gasteiger partial charge on any atom is -0.347 e. The Bertz CT molecular complexity index is 494. The molecule has 2 aromatic rings. The highest BCUT2D eigenvalue weighted by Crippen LogP contribution is 2.18. The van der Waals surface area contributed by atoms with Crippen LogP contribution in [-0.4, -0.2) is 9.97 Å². The molecule has 1 aromatic heterocycles. The average Bonchev–Trinajstić information content (AvgIpc) is 2.88. The van der Waals surface area contributed by atoms with E-state index in [9.17, 15) is 0 Å². The number of imidazole rings is 1. The molecule has 0 spiro atoms. The molecule has 96 valence electrons. The highest BCUT2D eigenvalue weighted by molar-refractivity contribution is 9.10. The monoisotopic (exact) mass is 307 g/mol. The first-order valence-corrected chi connectivity index (χ1v) is 6.97. The van der Waals surface area contributed by atoms with Gasteiger partial charge in [0.05, 0.1) is 6.04 Å². The number of nitrogens with one attached hydrogen (secondary N) is 2. The second kappa shape index (κ2) is 6.16. The summed E-state index contributed by atoms with van der Waals surface area (Å²) in [6.07, 6.45) is 4.68. The zero-order chi connectivity index (χ0) is 13.0. The van der Waals surface area contributed by atoms with E-state index in [1.54, 1.807) is 6.20 Å². The summed E-state index contributed by atoms with van der Waals surface area (Å²) >= 11 is 3.52. The Morgan fingerprint density at radius 3 is 2.89 bits per heavy atom. The van der Waals surface area contributed by atoms with Crippen molar-refractivity contribution in [3.63, 3.8) is 0 Å². The van der Waals surface area contributed by atoms with Crippen LogP contribution in [0.5, 0.6) is 0 Å². The van der Waals surface area contributed by atoms with Crippen LogP contribution in [0.1, 0.15) is 36.3 Å². The van der Waals surface area contributed by atoms with Gasteiger partial charge >= 0.3 is 0 Å². The first kappa shape index (κ1) is 13.3. The van der Waals surface area contributed by atoms with Gasteiger partial charge in [-0.15, -0.1) is 0 Å². The smallest absolute Gasteiger partial charge is 0.123 e. The van der Waals surface area contributed by atoms with E-state index in [1.165, 1.54) is 11.1 Å². The molecule has 4 heteroatoms. The number of nitrogens with zero attached hydrogens (tertiary/aromatic N) is 1. The number of H-pyrrole nitrogens is 1. The van der Waals surface area contributed by atoms with Crippen LogP contribution in [0.2, 0.25) is 0 Å². The maximum Gasteiger partial charge on any atom is 0.123 e. The maximum atomic E-state index is 4.31. The molecule has 0 aliphatic carbocycles. The maximum absolute atomic E-state index is 4.31. The fourth-order valence-corrected chi connectivity index (χ4v) is 2.21. The Morgan fingerprint density at radius 1 is 1.44 bits per heavy atom. The first-order valence-electron chi connectivity index (χ1n) is 6.18. The van der Waals surface area contributed by atoms with Crippen molar-refractivity contribution in [2.45, 2.75) is 32.9 Å². The molecule has 0 saturated carbocycles. The summed E-state index contributed by atoms with van der Waals surface area (Å²) in [5.74, 6) is 1.01. The number of hydrogen-bond acceptors (Lipinski definition) is 2. The van der Waals surface area contributed by atoms with Crippen LogP contribution < -0.4 is 5.32 Å². The molecule has 1 atom stereocenters. The third-order valence-electron chi connectivity index (χ3n) is 3.03. The van der Waals surface area contributed by atoms with Gasteiger partial charge in [-0.05, 0) is 30.5 Å². The SMILES string of the molecule is CCC(NCc1ccc(Br)c(C)c1)c1ncc[nH]1. The predicted octanol–water partition coefficient (Wildman–Crippen LogP) is 3.72. The molecular weight excluding hydrogens is 290 g/mol. The number of rotatable bonds is 5. The number of hydrogen-bond donors (Lipinski definition) is 2. The topological polar surface area (TPSA) is 40.7 Å². The van der Waals surface area contributed by atoms with Crippen LogP contribution in [-0.2, 0) is 6.54 Å². The standard InChI is InChI=1S/C14H18BrN3/c1-3-13(14-16-6-7-17-14)18-9-11-4-5-12(15)10(2)8-11/h4-8,13,18H,3,9H2,1-2H3,(H,16,17). The predicted molar refractivity (Wildman–Crippen MR) is 77.3 cm³/mol. The molecule has 3 nitrogen and oxygen atoms in total. The summed E-state index contributed by atoms with van der Waals surface area (Å²) in [6, 6.07) is 6.72. The van der Waals surface area contributed by atoms with E-state index in [0.717, 1.165) is 23.3 Å². The summed E-state index contributed by atoms with van der Waals surface area (Å²) in [7, 11) is 0. The van der Waals surface area contributed by atoms with E-state index in [4.69, 9.17) is 0 Å². The molecule has 0 radical (unpaired) electrons. The van der Waals surface area contributed by atoms with E-state index < -0.39 is 0 Å². The van der Waals surface area contributed by atoms with Gasteiger partial charge in [-0.2, -0.15) is 0 Å². The zero-order valence-electron chi connectivity index (χ0n) is 10.7. The molecule has 0 amide bonds. The number of benzene rings is 1. The van der Waals surface area contributed by atoms with Gasteiger partial charge < -0.3 is 10.3 Å². The van der Waals surface area contributed by atoms with Gasteiger partial charge in [-0.3, -0.25) is 0 Å². The van der Waals surface area contributed by atoms with Crippen molar-refractivity contribution in [3.8, 4) is 0 Å². The van der Waals surface area contributed by atoms with E-state index in [-0.39, 0.29) is 6.04 Å². The van der Waals surface area contributed by atoms with Crippen LogP contribution in [0.15, 0.2) is 35.1 Å². The van der Waals surface area contributed by atoms with Crippen molar-refractivity contribution in [2.75, 3.05) is 0 Å². The molecule has 0 aliphatic rings. The van der Waals surface area contributed by atoms with Crippen molar-refractivity contribution in [1.29, 1.82) is 0 Å². The number of aryl methyl sites for hydroxylation is 1. The quantitative estimate of drug-likeness (QED) is 0.884. The Kier molecular flexibility index (Phi) is 4.55. The lowest BCUT2D eigenvalue weighted by Gasteiger charge is -2.15. The fraction of sp³-hybridized carbons (Fsp3) is 0.357. The number of halogens is 1. The lowest BCUT2D eigenvalue weighted by molar-refractivity contribution is 0.498. The molecule has 0 saturated heterocycles. The summed E-state index contributed by atoms with van der Waals surface area (Å²) < 4.78 is 1.16. The van der Waals surface area contributed by atoms with Gasteiger partial charge in [0.1, 0.15) is 5.82 Å². The summed E-state index contributed by atoms with van der Waals surface area (Å²) in [5.41, 5.74) is 2.56. The van der Waals surface area contributed by atoms with Gasteiger partial charge in [-0.1, -0.05) is 35.0 Å². The van der Waals surface area contributed by atoms with Gasteiger partial charge in [0, 0.05) is 23.4 Å². The average molecular weight is 308 g/mol.